The molecule has 2 aromatic heterocycles. The van der Waals surface area contributed by atoms with E-state index in [2.05, 4.69) is 20.6 Å². The Labute approximate surface area is 139 Å². The number of aryl methyl sites for hydroxylation is 1. The Bertz CT molecular complexity index is 865. The van der Waals surface area contributed by atoms with Gasteiger partial charge >= 0.3 is 0 Å². The molecule has 122 valence electrons. The number of nitrogens with zero attached hydrogens (tertiary/aromatic N) is 3. The molecule has 24 heavy (non-hydrogen) atoms. The van der Waals surface area contributed by atoms with E-state index in [0.29, 0.717) is 5.69 Å². The Kier molecular flexibility index (Phi) is 3.65. The van der Waals surface area contributed by atoms with Crippen LogP contribution >= 0.6 is 0 Å². The molecule has 1 atom stereocenters. The number of rotatable bonds is 4. The summed E-state index contributed by atoms with van der Waals surface area (Å²) in [5.74, 6) is -0.128. The first kappa shape index (κ1) is 14.7. The second-order valence-electron chi connectivity index (χ2n) is 6.09. The van der Waals surface area contributed by atoms with Crippen LogP contribution in [0.15, 0.2) is 42.7 Å². The Morgan fingerprint density at radius 2 is 2.17 bits per heavy atom. The van der Waals surface area contributed by atoms with Gasteiger partial charge in [0, 0.05) is 23.7 Å². The van der Waals surface area contributed by atoms with Gasteiger partial charge in [-0.15, -0.1) is 0 Å². The van der Waals surface area contributed by atoms with Gasteiger partial charge in [-0.3, -0.25) is 9.89 Å². The summed E-state index contributed by atoms with van der Waals surface area (Å²) < 4.78 is 1.81. The first-order valence-corrected chi connectivity index (χ1v) is 8.20. The molecule has 2 N–H and O–H groups in total. The molecule has 0 unspecified atom stereocenters. The number of H-pyrrole nitrogens is 1. The molecule has 1 aromatic carbocycles. The van der Waals surface area contributed by atoms with E-state index in [4.69, 9.17) is 0 Å². The SMILES string of the molecule is C[C@@H](NC(=O)c1n[nH]c2c1CCC2)c1ccccc1-n1cccn1. The Morgan fingerprint density at radius 1 is 1.29 bits per heavy atom. The van der Waals surface area contributed by atoms with Crippen molar-refractivity contribution in [2.75, 3.05) is 0 Å². The molecule has 4 rings (SSSR count). The van der Waals surface area contributed by atoms with Crippen LogP contribution in [0.1, 0.15) is 46.7 Å². The zero-order chi connectivity index (χ0) is 16.5. The lowest BCUT2D eigenvalue weighted by molar-refractivity contribution is 0.0934. The summed E-state index contributed by atoms with van der Waals surface area (Å²) in [6.45, 7) is 1.98. The maximum Gasteiger partial charge on any atom is 0.272 e. The van der Waals surface area contributed by atoms with Crippen molar-refractivity contribution in [1.29, 1.82) is 0 Å². The maximum atomic E-state index is 12.6. The first-order chi connectivity index (χ1) is 11.7. The third kappa shape index (κ3) is 2.50. The van der Waals surface area contributed by atoms with E-state index in [-0.39, 0.29) is 11.9 Å². The fourth-order valence-electron chi connectivity index (χ4n) is 3.32. The number of carbonyl (C=O) groups excluding carboxylic acids is 1. The molecule has 6 heteroatoms. The lowest BCUT2D eigenvalue weighted by Crippen LogP contribution is -2.28. The van der Waals surface area contributed by atoms with Gasteiger partial charge < -0.3 is 5.32 Å². The minimum Gasteiger partial charge on any atom is -0.344 e. The van der Waals surface area contributed by atoms with Gasteiger partial charge in [0.1, 0.15) is 0 Å². The quantitative estimate of drug-likeness (QED) is 0.775. The molecule has 1 aliphatic carbocycles. The predicted molar refractivity (Wildman–Crippen MR) is 90.1 cm³/mol. The van der Waals surface area contributed by atoms with E-state index < -0.39 is 0 Å². The van der Waals surface area contributed by atoms with Crippen LogP contribution in [0.25, 0.3) is 5.69 Å². The van der Waals surface area contributed by atoms with Crippen molar-refractivity contribution in [1.82, 2.24) is 25.3 Å². The number of carbonyl (C=O) groups is 1. The van der Waals surface area contributed by atoms with E-state index in [1.807, 2.05) is 48.1 Å². The summed E-state index contributed by atoms with van der Waals surface area (Å²) in [7, 11) is 0. The summed E-state index contributed by atoms with van der Waals surface area (Å²) in [5, 5.41) is 14.6. The minimum absolute atomic E-state index is 0.128. The molecule has 6 nitrogen and oxygen atoms in total. The number of amides is 1. The number of aromatic amines is 1. The van der Waals surface area contributed by atoms with Crippen LogP contribution in [0.2, 0.25) is 0 Å². The molecule has 0 bridgehead atoms. The number of hydrogen-bond acceptors (Lipinski definition) is 3. The molecule has 0 aliphatic heterocycles. The average molecular weight is 321 g/mol. The summed E-state index contributed by atoms with van der Waals surface area (Å²) in [4.78, 5) is 12.6. The number of aromatic nitrogens is 4. The number of fused-ring (bicyclic) bond motifs is 1. The van der Waals surface area contributed by atoms with Crippen molar-refractivity contribution in [3.05, 3.63) is 65.2 Å². The Balaban J connectivity index is 1.59. The van der Waals surface area contributed by atoms with E-state index in [1.165, 1.54) is 0 Å². The number of hydrogen-bond donors (Lipinski definition) is 2. The summed E-state index contributed by atoms with van der Waals surface area (Å²) in [6.07, 6.45) is 6.63. The van der Waals surface area contributed by atoms with Crippen molar-refractivity contribution in [3.8, 4) is 5.69 Å². The lowest BCUT2D eigenvalue weighted by atomic mass is 10.1. The molecule has 2 heterocycles. The van der Waals surface area contributed by atoms with Crippen LogP contribution in [0.4, 0.5) is 0 Å². The molecule has 0 saturated carbocycles. The highest BCUT2D eigenvalue weighted by Crippen LogP contribution is 2.24. The van der Waals surface area contributed by atoms with E-state index in [1.54, 1.807) is 6.20 Å². The zero-order valence-corrected chi connectivity index (χ0v) is 13.5. The van der Waals surface area contributed by atoms with Crippen molar-refractivity contribution in [2.45, 2.75) is 32.2 Å². The lowest BCUT2D eigenvalue weighted by Gasteiger charge is -2.17. The third-order valence-electron chi connectivity index (χ3n) is 4.52. The normalized spacial score (nSPS) is 14.4. The standard InChI is InChI=1S/C18H19N5O/c1-12(13-6-2-3-9-16(13)23-11-5-10-19-23)20-18(24)17-14-7-4-8-15(14)21-22-17/h2-3,5-6,9-12H,4,7-8H2,1H3,(H,20,24)(H,21,22)/t12-/m1/s1. The molecule has 1 amide bonds. The molecule has 3 aromatic rings. The van der Waals surface area contributed by atoms with Gasteiger partial charge in [-0.05, 0) is 43.9 Å². The van der Waals surface area contributed by atoms with Gasteiger partial charge in [-0.2, -0.15) is 10.2 Å². The molecule has 0 fully saturated rings. The number of para-hydroxylation sites is 1. The summed E-state index contributed by atoms with van der Waals surface area (Å²) >= 11 is 0. The van der Waals surface area contributed by atoms with E-state index in [0.717, 1.165) is 41.8 Å². The number of benzene rings is 1. The maximum absolute atomic E-state index is 12.6. The van der Waals surface area contributed by atoms with Gasteiger partial charge in [0.25, 0.3) is 5.91 Å². The topological polar surface area (TPSA) is 75.6 Å². The van der Waals surface area contributed by atoms with Crippen molar-refractivity contribution >= 4 is 5.91 Å². The monoisotopic (exact) mass is 321 g/mol. The zero-order valence-electron chi connectivity index (χ0n) is 13.5. The van der Waals surface area contributed by atoms with Crippen LogP contribution in [0.5, 0.6) is 0 Å². The van der Waals surface area contributed by atoms with Gasteiger partial charge in [-0.1, -0.05) is 18.2 Å². The van der Waals surface area contributed by atoms with Crippen LogP contribution < -0.4 is 5.32 Å². The van der Waals surface area contributed by atoms with Crippen molar-refractivity contribution < 1.29 is 4.79 Å². The minimum atomic E-state index is -0.147. The smallest absolute Gasteiger partial charge is 0.272 e. The second kappa shape index (κ2) is 5.96. The van der Waals surface area contributed by atoms with Gasteiger partial charge in [0.2, 0.25) is 0 Å². The molecule has 0 radical (unpaired) electrons. The van der Waals surface area contributed by atoms with Gasteiger partial charge in [-0.25, -0.2) is 4.68 Å². The fraction of sp³-hybridized carbons (Fsp3) is 0.278. The fourth-order valence-corrected chi connectivity index (χ4v) is 3.32. The van der Waals surface area contributed by atoms with Crippen LogP contribution in [-0.4, -0.2) is 25.9 Å². The Morgan fingerprint density at radius 3 is 3.00 bits per heavy atom. The largest absolute Gasteiger partial charge is 0.344 e. The van der Waals surface area contributed by atoms with Crippen LogP contribution in [0, 0.1) is 0 Å². The van der Waals surface area contributed by atoms with E-state index in [9.17, 15) is 4.79 Å². The molecular weight excluding hydrogens is 302 g/mol. The third-order valence-corrected chi connectivity index (χ3v) is 4.52. The summed E-state index contributed by atoms with van der Waals surface area (Å²) in [6, 6.07) is 9.68. The highest BCUT2D eigenvalue weighted by atomic mass is 16.2. The van der Waals surface area contributed by atoms with Crippen molar-refractivity contribution in [2.24, 2.45) is 0 Å². The number of nitrogens with one attached hydrogen (secondary N) is 2. The molecule has 0 spiro atoms. The van der Waals surface area contributed by atoms with Gasteiger partial charge in [0.05, 0.1) is 11.7 Å². The highest BCUT2D eigenvalue weighted by Gasteiger charge is 2.24. The summed E-state index contributed by atoms with van der Waals surface area (Å²) in [5.41, 5.74) is 4.68. The van der Waals surface area contributed by atoms with Gasteiger partial charge in [0.15, 0.2) is 5.69 Å². The second-order valence-corrected chi connectivity index (χ2v) is 6.09. The molecular formula is C18H19N5O. The highest BCUT2D eigenvalue weighted by molar-refractivity contribution is 5.94. The molecule has 1 aliphatic rings. The van der Waals surface area contributed by atoms with Crippen molar-refractivity contribution in [3.63, 3.8) is 0 Å². The first-order valence-electron chi connectivity index (χ1n) is 8.20. The predicted octanol–water partition coefficient (Wildman–Crippen LogP) is 2.58. The van der Waals surface area contributed by atoms with Crippen LogP contribution in [0.3, 0.4) is 0 Å². The Hall–Kier alpha value is -2.89. The average Bonchev–Trinajstić information content (AvgIpc) is 3.32. The van der Waals surface area contributed by atoms with E-state index >= 15 is 0 Å². The molecule has 0 saturated heterocycles. The van der Waals surface area contributed by atoms with Crippen LogP contribution in [-0.2, 0) is 12.8 Å².